The number of amides is 2. The predicted octanol–water partition coefficient (Wildman–Crippen LogP) is 3.84. The highest BCUT2D eigenvalue weighted by Gasteiger charge is 2.05. The Labute approximate surface area is 169 Å². The van der Waals surface area contributed by atoms with Gasteiger partial charge in [0.15, 0.2) is 0 Å². The quantitative estimate of drug-likeness (QED) is 0.409. The van der Waals surface area contributed by atoms with Crippen LogP contribution in [0.25, 0.3) is 0 Å². The van der Waals surface area contributed by atoms with E-state index in [4.69, 9.17) is 0 Å². The maximum absolute atomic E-state index is 11.9. The van der Waals surface area contributed by atoms with Gasteiger partial charge in [-0.25, -0.2) is 0 Å². The van der Waals surface area contributed by atoms with Crippen molar-refractivity contribution >= 4 is 57.0 Å². The van der Waals surface area contributed by atoms with E-state index in [9.17, 15) is 9.59 Å². The van der Waals surface area contributed by atoms with E-state index in [1.807, 2.05) is 48.5 Å². The Hall–Kier alpha value is -1.16. The minimum absolute atomic E-state index is 0.0608. The normalized spacial score (nSPS) is 10.2. The van der Waals surface area contributed by atoms with Crippen molar-refractivity contribution in [2.45, 2.75) is 12.8 Å². The highest BCUT2D eigenvalue weighted by molar-refractivity contribution is 14.1. The lowest BCUT2D eigenvalue weighted by atomic mass is 10.2. The first-order valence-electron chi connectivity index (χ1n) is 7.64. The van der Waals surface area contributed by atoms with E-state index in [2.05, 4.69) is 55.8 Å². The smallest absolute Gasteiger partial charge is 0.251 e. The molecule has 0 aromatic heterocycles. The largest absolute Gasteiger partial charge is 0.352 e. The third kappa shape index (κ3) is 6.39. The average molecular weight is 548 g/mol. The molecule has 0 heterocycles. The Bertz CT molecular complexity index is 624. The molecule has 2 aromatic carbocycles. The van der Waals surface area contributed by atoms with Gasteiger partial charge in [-0.3, -0.25) is 9.59 Å². The molecule has 2 N–H and O–H groups in total. The Morgan fingerprint density at radius 2 is 1.00 bits per heavy atom. The molecule has 4 nitrogen and oxygen atoms in total. The summed E-state index contributed by atoms with van der Waals surface area (Å²) in [5.41, 5.74) is 1.34. The average Bonchev–Trinajstić information content (AvgIpc) is 2.58. The maximum Gasteiger partial charge on any atom is 0.251 e. The molecular weight excluding hydrogens is 530 g/mol. The summed E-state index contributed by atoms with van der Waals surface area (Å²) in [7, 11) is 0. The molecule has 0 atom stereocenters. The Morgan fingerprint density at radius 1 is 0.667 bits per heavy atom. The zero-order valence-corrected chi connectivity index (χ0v) is 17.3. The van der Waals surface area contributed by atoms with Crippen molar-refractivity contribution in [1.82, 2.24) is 10.6 Å². The fourth-order valence-corrected chi connectivity index (χ4v) is 2.78. The van der Waals surface area contributed by atoms with Crippen molar-refractivity contribution in [1.29, 1.82) is 0 Å². The summed E-state index contributed by atoms with van der Waals surface area (Å²) in [5, 5.41) is 5.78. The summed E-state index contributed by atoms with van der Waals surface area (Å²) in [5.74, 6) is -0.122. The summed E-state index contributed by atoms with van der Waals surface area (Å²) in [6.45, 7) is 1.20. The molecule has 24 heavy (non-hydrogen) atoms. The van der Waals surface area contributed by atoms with Gasteiger partial charge in [0.2, 0.25) is 0 Å². The SMILES string of the molecule is O=C(NCCCCNC(=O)c1ccc(I)cc1)c1ccc(I)cc1. The van der Waals surface area contributed by atoms with E-state index in [1.54, 1.807) is 0 Å². The second-order valence-corrected chi connectivity index (χ2v) is 7.72. The van der Waals surface area contributed by atoms with Crippen molar-refractivity contribution < 1.29 is 9.59 Å². The fraction of sp³-hybridized carbons (Fsp3) is 0.222. The fourth-order valence-electron chi connectivity index (χ4n) is 2.06. The van der Waals surface area contributed by atoms with Crippen LogP contribution in [0.2, 0.25) is 0 Å². The van der Waals surface area contributed by atoms with E-state index >= 15 is 0 Å². The molecule has 0 saturated carbocycles. The summed E-state index contributed by atoms with van der Waals surface area (Å²) >= 11 is 4.42. The van der Waals surface area contributed by atoms with Gasteiger partial charge in [0.05, 0.1) is 0 Å². The van der Waals surface area contributed by atoms with Crippen LogP contribution in [-0.4, -0.2) is 24.9 Å². The van der Waals surface area contributed by atoms with Crippen LogP contribution in [-0.2, 0) is 0 Å². The highest BCUT2D eigenvalue weighted by Crippen LogP contribution is 2.07. The van der Waals surface area contributed by atoms with Gasteiger partial charge in [-0.15, -0.1) is 0 Å². The van der Waals surface area contributed by atoms with Crippen LogP contribution in [0.4, 0.5) is 0 Å². The summed E-state index contributed by atoms with van der Waals surface area (Å²) in [6, 6.07) is 14.9. The van der Waals surface area contributed by atoms with Gasteiger partial charge in [-0.05, 0) is 107 Å². The topological polar surface area (TPSA) is 58.2 Å². The van der Waals surface area contributed by atoms with Crippen LogP contribution in [0, 0.1) is 7.14 Å². The summed E-state index contributed by atoms with van der Waals surface area (Å²) < 4.78 is 2.21. The molecule has 0 radical (unpaired) electrons. The van der Waals surface area contributed by atoms with Gasteiger partial charge in [-0.1, -0.05) is 0 Å². The van der Waals surface area contributed by atoms with Gasteiger partial charge < -0.3 is 10.6 Å². The minimum Gasteiger partial charge on any atom is -0.352 e. The van der Waals surface area contributed by atoms with Crippen molar-refractivity contribution in [3.05, 3.63) is 66.8 Å². The van der Waals surface area contributed by atoms with E-state index in [0.29, 0.717) is 24.2 Å². The molecule has 0 aliphatic carbocycles. The van der Waals surface area contributed by atoms with Gasteiger partial charge >= 0.3 is 0 Å². The summed E-state index contributed by atoms with van der Waals surface area (Å²) in [4.78, 5) is 23.9. The van der Waals surface area contributed by atoms with Crippen LogP contribution in [0.1, 0.15) is 33.6 Å². The van der Waals surface area contributed by atoms with Gasteiger partial charge in [0, 0.05) is 31.4 Å². The Kier molecular flexibility index (Phi) is 7.97. The molecule has 0 unspecified atom stereocenters. The zero-order valence-electron chi connectivity index (χ0n) is 13.0. The molecule has 0 fully saturated rings. The number of carbonyl (C=O) groups excluding carboxylic acids is 2. The van der Waals surface area contributed by atoms with Crippen molar-refractivity contribution in [3.8, 4) is 0 Å². The Balaban J connectivity index is 1.61. The second-order valence-electron chi connectivity index (χ2n) is 5.23. The molecular formula is C18H18I2N2O2. The maximum atomic E-state index is 11.9. The van der Waals surface area contributed by atoms with Crippen LogP contribution >= 0.6 is 45.2 Å². The number of carbonyl (C=O) groups is 2. The Morgan fingerprint density at radius 3 is 1.33 bits per heavy atom. The molecule has 2 rings (SSSR count). The third-order valence-electron chi connectivity index (χ3n) is 3.39. The van der Waals surface area contributed by atoms with E-state index < -0.39 is 0 Å². The lowest BCUT2D eigenvalue weighted by Crippen LogP contribution is -2.27. The lowest BCUT2D eigenvalue weighted by molar-refractivity contribution is 0.0939. The first-order valence-corrected chi connectivity index (χ1v) is 9.79. The molecule has 6 heteroatoms. The van der Waals surface area contributed by atoms with Gasteiger partial charge in [0.1, 0.15) is 0 Å². The molecule has 2 aromatic rings. The standard InChI is InChI=1S/C18H18I2N2O2/c19-15-7-3-13(4-8-15)17(23)21-11-1-2-12-22-18(24)14-5-9-16(20)10-6-14/h3-10H,1-2,11-12H2,(H,21,23)(H,22,24). The number of rotatable bonds is 7. The molecule has 0 bridgehead atoms. The monoisotopic (exact) mass is 548 g/mol. The molecule has 0 aliphatic rings. The van der Waals surface area contributed by atoms with Crippen molar-refractivity contribution in [2.24, 2.45) is 0 Å². The number of nitrogens with one attached hydrogen (secondary N) is 2. The summed E-state index contributed by atoms with van der Waals surface area (Å²) in [6.07, 6.45) is 1.64. The van der Waals surface area contributed by atoms with E-state index in [1.165, 1.54) is 0 Å². The van der Waals surface area contributed by atoms with E-state index in [-0.39, 0.29) is 11.8 Å². The molecule has 0 aliphatic heterocycles. The number of hydrogen-bond donors (Lipinski definition) is 2. The predicted molar refractivity (Wildman–Crippen MR) is 112 cm³/mol. The number of hydrogen-bond acceptors (Lipinski definition) is 2. The second kappa shape index (κ2) is 9.97. The van der Waals surface area contributed by atoms with Crippen LogP contribution < -0.4 is 10.6 Å². The van der Waals surface area contributed by atoms with Crippen LogP contribution in [0.3, 0.4) is 0 Å². The van der Waals surface area contributed by atoms with Crippen molar-refractivity contribution in [2.75, 3.05) is 13.1 Å². The van der Waals surface area contributed by atoms with Gasteiger partial charge in [0.25, 0.3) is 11.8 Å². The zero-order chi connectivity index (χ0) is 17.4. The molecule has 0 saturated heterocycles. The highest BCUT2D eigenvalue weighted by atomic mass is 127. The third-order valence-corrected chi connectivity index (χ3v) is 4.83. The van der Waals surface area contributed by atoms with Gasteiger partial charge in [-0.2, -0.15) is 0 Å². The first-order chi connectivity index (χ1) is 11.6. The van der Waals surface area contributed by atoms with Crippen molar-refractivity contribution in [3.63, 3.8) is 0 Å². The molecule has 126 valence electrons. The first kappa shape index (κ1) is 19.2. The minimum atomic E-state index is -0.0608. The van der Waals surface area contributed by atoms with Crippen LogP contribution in [0.15, 0.2) is 48.5 Å². The molecule has 2 amide bonds. The lowest BCUT2D eigenvalue weighted by Gasteiger charge is -2.07. The number of unbranched alkanes of at least 4 members (excludes halogenated alkanes) is 1. The van der Waals surface area contributed by atoms with Crippen LogP contribution in [0.5, 0.6) is 0 Å². The van der Waals surface area contributed by atoms with E-state index in [0.717, 1.165) is 20.0 Å². The number of halogens is 2. The number of benzene rings is 2. The molecule has 0 spiro atoms.